The lowest BCUT2D eigenvalue weighted by Gasteiger charge is -1.97. The minimum Gasteiger partial charge on any atom is -0.497 e. The molecule has 1 saturated heterocycles. The summed E-state index contributed by atoms with van der Waals surface area (Å²) in [5.41, 5.74) is -1.59. The molecule has 25 heavy (non-hydrogen) atoms. The molecule has 130 valence electrons. The van der Waals surface area contributed by atoms with Crippen LogP contribution in [-0.2, 0) is 0 Å². The van der Waals surface area contributed by atoms with Gasteiger partial charge >= 0.3 is 11.4 Å². The summed E-state index contributed by atoms with van der Waals surface area (Å²) in [7, 11) is 0. The van der Waals surface area contributed by atoms with E-state index in [9.17, 15) is 30.3 Å². The molecule has 0 aromatic heterocycles. The Morgan fingerprint density at radius 1 is 0.920 bits per heavy atom. The van der Waals surface area contributed by atoms with Crippen LogP contribution in [0.3, 0.4) is 0 Å². The van der Waals surface area contributed by atoms with Gasteiger partial charge in [-0.15, -0.1) is 0 Å². The molecule has 11 heteroatoms. The van der Waals surface area contributed by atoms with Crippen molar-refractivity contribution in [2.75, 3.05) is 6.54 Å². The quantitative estimate of drug-likeness (QED) is 0.481. The molecular formula is C14H12N4O7. The first kappa shape index (κ1) is 17.7. The van der Waals surface area contributed by atoms with Crippen molar-refractivity contribution in [3.63, 3.8) is 0 Å². The van der Waals surface area contributed by atoms with Gasteiger partial charge < -0.3 is 10.4 Å². The van der Waals surface area contributed by atoms with Crippen LogP contribution >= 0.6 is 0 Å². The number of rotatable bonds is 4. The average molecular weight is 348 g/mol. The van der Waals surface area contributed by atoms with E-state index in [1.165, 1.54) is 5.56 Å². The van der Waals surface area contributed by atoms with Gasteiger partial charge in [0.2, 0.25) is 0 Å². The van der Waals surface area contributed by atoms with Crippen molar-refractivity contribution < 1.29 is 19.9 Å². The van der Waals surface area contributed by atoms with Gasteiger partial charge in [0.1, 0.15) is 0 Å². The zero-order chi connectivity index (χ0) is 18.6. The van der Waals surface area contributed by atoms with E-state index in [4.69, 9.17) is 5.11 Å². The molecule has 1 atom stereocenters. The molecule has 1 aliphatic rings. The third-order valence-corrected chi connectivity index (χ3v) is 3.27. The summed E-state index contributed by atoms with van der Waals surface area (Å²) in [5, 5.41) is 43.5. The second-order valence-corrected chi connectivity index (χ2v) is 4.98. The molecule has 2 aromatic carbocycles. The zero-order valence-corrected chi connectivity index (χ0v) is 12.6. The Bertz CT molecular complexity index is 786. The summed E-state index contributed by atoms with van der Waals surface area (Å²) >= 11 is 0. The number of benzene rings is 2. The van der Waals surface area contributed by atoms with Gasteiger partial charge in [0, 0.05) is 12.6 Å². The SMILES string of the molecule is O=[N+]([O-])c1cc([N+](=O)[O-])c(O)c([N+](=O)[O-])c1.c1ccc(C2CN2)cc1. The van der Waals surface area contributed by atoms with E-state index in [0.29, 0.717) is 18.2 Å². The Kier molecular flexibility index (Phi) is 5.19. The number of phenolic OH excluding ortho intramolecular Hbond substituents is 1. The smallest absolute Gasteiger partial charge is 0.324 e. The van der Waals surface area contributed by atoms with Crippen molar-refractivity contribution in [3.8, 4) is 5.75 Å². The van der Waals surface area contributed by atoms with Crippen molar-refractivity contribution in [1.29, 1.82) is 0 Å². The first-order valence-electron chi connectivity index (χ1n) is 6.89. The van der Waals surface area contributed by atoms with Crippen molar-refractivity contribution in [1.82, 2.24) is 5.32 Å². The fraction of sp³-hybridized carbons (Fsp3) is 0.143. The Morgan fingerprint density at radius 2 is 1.40 bits per heavy atom. The van der Waals surface area contributed by atoms with Crippen LogP contribution in [0.25, 0.3) is 0 Å². The molecule has 0 amide bonds. The van der Waals surface area contributed by atoms with Crippen LogP contribution in [-0.4, -0.2) is 26.4 Å². The van der Waals surface area contributed by atoms with Crippen LogP contribution in [0, 0.1) is 30.3 Å². The lowest BCUT2D eigenvalue weighted by Crippen LogP contribution is -1.97. The largest absolute Gasteiger partial charge is 0.497 e. The normalized spacial score (nSPS) is 14.8. The zero-order valence-electron chi connectivity index (χ0n) is 12.6. The molecule has 0 aliphatic carbocycles. The third-order valence-electron chi connectivity index (χ3n) is 3.27. The molecular weight excluding hydrogens is 336 g/mol. The highest BCUT2D eigenvalue weighted by molar-refractivity contribution is 5.64. The Hall–Kier alpha value is -3.60. The van der Waals surface area contributed by atoms with E-state index in [2.05, 4.69) is 29.6 Å². The minimum atomic E-state index is -1.21. The number of hydrogen-bond donors (Lipinski definition) is 2. The standard InChI is InChI=1S/C8H9N.C6H3N3O7/c1-2-4-7(5-3-1)8-6-9-8;10-6-4(8(13)14)1-3(7(11)12)2-5(6)9(15)16/h1-5,8-9H,6H2;1-2,10H. The number of non-ortho nitro benzene ring substituents is 1. The molecule has 2 N–H and O–H groups in total. The Balaban J connectivity index is 0.000000208. The molecule has 1 fully saturated rings. The van der Waals surface area contributed by atoms with Crippen LogP contribution in [0.2, 0.25) is 0 Å². The predicted molar refractivity (Wildman–Crippen MR) is 85.3 cm³/mol. The number of nitro benzene ring substituents is 3. The molecule has 1 heterocycles. The van der Waals surface area contributed by atoms with Gasteiger partial charge in [0.05, 0.1) is 26.9 Å². The number of nitro groups is 3. The summed E-state index contributed by atoms with van der Waals surface area (Å²) in [6.45, 7) is 1.16. The van der Waals surface area contributed by atoms with E-state index in [1.54, 1.807) is 0 Å². The molecule has 0 saturated carbocycles. The van der Waals surface area contributed by atoms with Crippen molar-refractivity contribution in [2.24, 2.45) is 0 Å². The van der Waals surface area contributed by atoms with Gasteiger partial charge in [-0.05, 0) is 5.56 Å². The predicted octanol–water partition coefficient (Wildman–Crippen LogP) is 2.45. The molecule has 3 rings (SSSR count). The van der Waals surface area contributed by atoms with E-state index < -0.39 is 37.6 Å². The van der Waals surface area contributed by atoms with Crippen molar-refractivity contribution in [2.45, 2.75) is 6.04 Å². The first-order valence-corrected chi connectivity index (χ1v) is 6.89. The highest BCUT2D eigenvalue weighted by atomic mass is 16.6. The number of aromatic hydroxyl groups is 1. The molecule has 0 bridgehead atoms. The van der Waals surface area contributed by atoms with Crippen LogP contribution in [0.1, 0.15) is 11.6 Å². The maximum atomic E-state index is 10.4. The monoisotopic (exact) mass is 348 g/mol. The molecule has 1 aliphatic heterocycles. The number of hydrogen-bond acceptors (Lipinski definition) is 8. The summed E-state index contributed by atoms with van der Waals surface area (Å²) in [6.07, 6.45) is 0. The van der Waals surface area contributed by atoms with Crippen LogP contribution < -0.4 is 5.32 Å². The third kappa shape index (κ3) is 4.45. The van der Waals surface area contributed by atoms with Crippen LogP contribution in [0.4, 0.5) is 17.1 Å². The lowest BCUT2D eigenvalue weighted by atomic mass is 10.2. The van der Waals surface area contributed by atoms with E-state index >= 15 is 0 Å². The van der Waals surface area contributed by atoms with Crippen molar-refractivity contribution >= 4 is 17.1 Å². The van der Waals surface area contributed by atoms with E-state index in [1.807, 2.05) is 6.07 Å². The molecule has 0 radical (unpaired) electrons. The van der Waals surface area contributed by atoms with Crippen LogP contribution in [0.5, 0.6) is 5.75 Å². The van der Waals surface area contributed by atoms with Crippen LogP contribution in [0.15, 0.2) is 42.5 Å². The van der Waals surface area contributed by atoms with Gasteiger partial charge in [-0.1, -0.05) is 30.3 Å². The van der Waals surface area contributed by atoms with Gasteiger partial charge in [-0.25, -0.2) is 0 Å². The second kappa shape index (κ2) is 7.31. The van der Waals surface area contributed by atoms with Gasteiger partial charge in [0.15, 0.2) is 0 Å². The number of nitrogens with zero attached hydrogens (tertiary/aromatic N) is 3. The van der Waals surface area contributed by atoms with Gasteiger partial charge in [-0.3, -0.25) is 30.3 Å². The number of nitrogens with one attached hydrogen (secondary N) is 1. The highest BCUT2D eigenvalue weighted by Crippen LogP contribution is 2.38. The fourth-order valence-electron chi connectivity index (χ4n) is 1.95. The number of phenols is 1. The summed E-state index contributed by atoms with van der Waals surface area (Å²) in [6, 6.07) is 12.1. The van der Waals surface area contributed by atoms with Gasteiger partial charge in [0.25, 0.3) is 11.4 Å². The summed E-state index contributed by atoms with van der Waals surface area (Å²) in [4.78, 5) is 27.8. The molecule has 2 aromatic rings. The highest BCUT2D eigenvalue weighted by Gasteiger charge is 2.30. The Morgan fingerprint density at radius 3 is 1.76 bits per heavy atom. The Labute approximate surface area is 140 Å². The lowest BCUT2D eigenvalue weighted by molar-refractivity contribution is -0.404. The fourth-order valence-corrected chi connectivity index (χ4v) is 1.95. The maximum absolute atomic E-state index is 10.4. The molecule has 0 spiro atoms. The maximum Gasteiger partial charge on any atom is 0.324 e. The first-order chi connectivity index (χ1) is 11.8. The molecule has 1 unspecified atom stereocenters. The topological polar surface area (TPSA) is 172 Å². The van der Waals surface area contributed by atoms with E-state index in [-0.39, 0.29) is 0 Å². The second-order valence-electron chi connectivity index (χ2n) is 4.98. The minimum absolute atomic E-state index is 0.447. The van der Waals surface area contributed by atoms with E-state index in [0.717, 1.165) is 6.54 Å². The summed E-state index contributed by atoms with van der Waals surface area (Å²) < 4.78 is 0. The molecule has 11 nitrogen and oxygen atoms in total. The summed E-state index contributed by atoms with van der Waals surface area (Å²) in [5.74, 6) is -1.21. The van der Waals surface area contributed by atoms with Crippen molar-refractivity contribution in [3.05, 3.63) is 78.4 Å². The van der Waals surface area contributed by atoms with Gasteiger partial charge in [-0.2, -0.15) is 0 Å². The average Bonchev–Trinajstić information content (AvgIpc) is 3.40.